The lowest BCUT2D eigenvalue weighted by molar-refractivity contribution is -0.887. The predicted molar refractivity (Wildman–Crippen MR) is 238 cm³/mol. The lowest BCUT2D eigenvalue weighted by Gasteiger charge is -2.31. The fourth-order valence-electron chi connectivity index (χ4n) is 6.94. The minimum atomic E-state index is -0.880. The van der Waals surface area contributed by atoms with Gasteiger partial charge in [-0.1, -0.05) is 185 Å². The second kappa shape index (κ2) is 40.3. The third kappa shape index (κ3) is 38.8. The number of aliphatic carboxylic acids is 1. The average Bonchev–Trinajstić information content (AvgIpc) is 3.17. The molecular formula is C49H90NO7+. The zero-order valence-corrected chi connectivity index (χ0v) is 37.8. The molecule has 0 aliphatic rings. The van der Waals surface area contributed by atoms with Gasteiger partial charge in [0.1, 0.15) is 6.61 Å². The summed E-state index contributed by atoms with van der Waals surface area (Å²) < 4.78 is 17.2. The van der Waals surface area contributed by atoms with E-state index < -0.39 is 18.1 Å². The molecule has 0 rings (SSSR count). The Bertz CT molecular complexity index is 1030. The van der Waals surface area contributed by atoms with Crippen LogP contribution in [0.15, 0.2) is 36.5 Å². The molecule has 0 fully saturated rings. The van der Waals surface area contributed by atoms with Crippen molar-refractivity contribution in [1.29, 1.82) is 0 Å². The molecule has 0 saturated carbocycles. The van der Waals surface area contributed by atoms with Crippen LogP contribution in [0.2, 0.25) is 0 Å². The molecule has 8 nitrogen and oxygen atoms in total. The number of nitrogens with zero attached hydrogens (tertiary/aromatic N) is 1. The van der Waals surface area contributed by atoms with Crippen molar-refractivity contribution < 1.29 is 38.2 Å². The summed E-state index contributed by atoms with van der Waals surface area (Å²) in [5, 5.41) is 9.62. The highest BCUT2D eigenvalue weighted by molar-refractivity contribution is 5.72. The fraction of sp³-hybridized carbons (Fsp3) is 0.816. The van der Waals surface area contributed by atoms with Gasteiger partial charge in [0.05, 0.1) is 34.4 Å². The first-order valence-electron chi connectivity index (χ1n) is 23.5. The van der Waals surface area contributed by atoms with Crippen LogP contribution >= 0.6 is 0 Å². The van der Waals surface area contributed by atoms with Gasteiger partial charge in [-0.15, -0.1) is 0 Å². The van der Waals surface area contributed by atoms with Crippen molar-refractivity contribution in [2.24, 2.45) is 0 Å². The van der Waals surface area contributed by atoms with E-state index in [1.165, 1.54) is 122 Å². The van der Waals surface area contributed by atoms with Crippen LogP contribution < -0.4 is 0 Å². The number of ether oxygens (including phenoxy) is 3. The van der Waals surface area contributed by atoms with E-state index >= 15 is 0 Å². The summed E-state index contributed by atoms with van der Waals surface area (Å²) in [6.07, 6.45) is 46.4. The summed E-state index contributed by atoms with van der Waals surface area (Å²) in [5.74, 6) is -1.53. The molecule has 0 spiro atoms. The summed E-state index contributed by atoms with van der Waals surface area (Å²) in [6.45, 7) is 4.58. The Morgan fingerprint density at radius 1 is 0.544 bits per heavy atom. The summed E-state index contributed by atoms with van der Waals surface area (Å²) in [7, 11) is 5.52. The highest BCUT2D eigenvalue weighted by Gasteiger charge is 2.31. The number of unbranched alkanes of at least 4 members (excludes halogenated alkanes) is 22. The number of carbonyl (C=O) groups is 3. The van der Waals surface area contributed by atoms with Crippen LogP contribution in [0.3, 0.4) is 0 Å². The Morgan fingerprint density at radius 3 is 1.44 bits per heavy atom. The molecule has 0 aliphatic heterocycles. The van der Waals surface area contributed by atoms with Crippen LogP contribution in [0.5, 0.6) is 0 Å². The van der Waals surface area contributed by atoms with Gasteiger partial charge in [-0.3, -0.25) is 9.59 Å². The molecule has 2 unspecified atom stereocenters. The third-order valence-corrected chi connectivity index (χ3v) is 10.6. The molecule has 0 aromatic heterocycles. The Morgan fingerprint density at radius 2 is 0.982 bits per heavy atom. The molecule has 0 aliphatic carbocycles. The van der Waals surface area contributed by atoms with E-state index in [1.807, 2.05) is 21.1 Å². The first-order valence-corrected chi connectivity index (χ1v) is 23.5. The van der Waals surface area contributed by atoms with Crippen LogP contribution in [-0.2, 0) is 28.6 Å². The normalized spacial score (nSPS) is 13.2. The van der Waals surface area contributed by atoms with Gasteiger partial charge >= 0.3 is 17.9 Å². The predicted octanol–water partition coefficient (Wildman–Crippen LogP) is 13.0. The number of carboxylic acids is 1. The maximum atomic E-state index is 12.7. The Kier molecular flexibility index (Phi) is 38.6. The zero-order valence-electron chi connectivity index (χ0n) is 37.8. The van der Waals surface area contributed by atoms with Gasteiger partial charge in [-0.25, -0.2) is 4.79 Å². The van der Waals surface area contributed by atoms with Crippen molar-refractivity contribution in [3.05, 3.63) is 36.5 Å². The highest BCUT2D eigenvalue weighted by Crippen LogP contribution is 2.16. The van der Waals surface area contributed by atoms with Crippen molar-refractivity contribution in [2.75, 3.05) is 41.0 Å². The number of likely N-dealkylation sites (N-methyl/N-ethyl adjacent to an activating group) is 1. The number of hydrogen-bond acceptors (Lipinski definition) is 6. The molecule has 1 N–H and O–H groups in total. The average molecular weight is 805 g/mol. The topological polar surface area (TPSA) is 99.1 Å². The van der Waals surface area contributed by atoms with Crippen molar-refractivity contribution >= 4 is 17.9 Å². The first-order chi connectivity index (χ1) is 27.6. The molecule has 8 heteroatoms. The number of hydrogen-bond donors (Lipinski definition) is 1. The molecule has 0 amide bonds. The van der Waals surface area contributed by atoms with Crippen molar-refractivity contribution in [1.82, 2.24) is 0 Å². The maximum absolute atomic E-state index is 12.7. The van der Waals surface area contributed by atoms with Crippen LogP contribution in [0.1, 0.15) is 206 Å². The lowest BCUT2D eigenvalue weighted by atomic mass is 10.0. The van der Waals surface area contributed by atoms with Crippen LogP contribution in [-0.4, -0.2) is 80.6 Å². The van der Waals surface area contributed by atoms with E-state index in [-0.39, 0.29) is 42.7 Å². The SMILES string of the molecule is CC/C=C/C/C=C/C/C=C/CCCC(=O)OCC(COCCC(C(=O)O)[N+](C)(C)C)OC(=O)CCCCCCCCCCCCCCCCCCCCCCCC. The Hall–Kier alpha value is -2.45. The molecule has 0 bridgehead atoms. The summed E-state index contributed by atoms with van der Waals surface area (Å²) >= 11 is 0. The number of quaternary nitrogens is 1. The molecule has 0 heterocycles. The van der Waals surface area contributed by atoms with Gasteiger partial charge in [0.25, 0.3) is 0 Å². The number of esters is 2. The van der Waals surface area contributed by atoms with Crippen molar-refractivity contribution in [3.8, 4) is 0 Å². The van der Waals surface area contributed by atoms with E-state index in [2.05, 4.69) is 50.3 Å². The molecular weight excluding hydrogens is 715 g/mol. The first kappa shape index (κ1) is 54.6. The summed E-state index contributed by atoms with van der Waals surface area (Å²) in [4.78, 5) is 36.9. The Balaban J connectivity index is 4.22. The number of rotatable bonds is 42. The number of carboxylic acid groups (broad SMARTS) is 1. The minimum Gasteiger partial charge on any atom is -0.477 e. The number of allylic oxidation sites excluding steroid dienone is 6. The molecule has 0 saturated heterocycles. The van der Waals surface area contributed by atoms with E-state index in [4.69, 9.17) is 14.2 Å². The smallest absolute Gasteiger partial charge is 0.362 e. The molecule has 57 heavy (non-hydrogen) atoms. The highest BCUT2D eigenvalue weighted by atomic mass is 16.6. The molecule has 332 valence electrons. The quantitative estimate of drug-likeness (QED) is 0.0284. The second-order valence-electron chi connectivity index (χ2n) is 17.0. The van der Waals surface area contributed by atoms with Crippen molar-refractivity contribution in [3.63, 3.8) is 0 Å². The van der Waals surface area contributed by atoms with E-state index in [9.17, 15) is 19.5 Å². The molecule has 0 aromatic rings. The largest absolute Gasteiger partial charge is 0.477 e. The van der Waals surface area contributed by atoms with Gasteiger partial charge in [-0.2, -0.15) is 0 Å². The van der Waals surface area contributed by atoms with E-state index in [1.54, 1.807) is 0 Å². The lowest BCUT2D eigenvalue weighted by Crippen LogP contribution is -2.50. The van der Waals surface area contributed by atoms with Gasteiger partial charge < -0.3 is 23.8 Å². The molecule has 0 aromatic carbocycles. The van der Waals surface area contributed by atoms with Crippen LogP contribution in [0.4, 0.5) is 0 Å². The van der Waals surface area contributed by atoms with Gasteiger partial charge in [-0.05, 0) is 38.5 Å². The van der Waals surface area contributed by atoms with Crippen LogP contribution in [0.25, 0.3) is 0 Å². The second-order valence-corrected chi connectivity index (χ2v) is 17.0. The summed E-state index contributed by atoms with van der Waals surface area (Å²) in [5.41, 5.74) is 0. The van der Waals surface area contributed by atoms with Crippen LogP contribution in [0, 0.1) is 0 Å². The standard InChI is InChI=1S/C49H89NO7/c1-6-8-10-12-14-16-18-19-20-21-22-23-24-25-26-27-28-30-32-34-36-38-40-48(52)57-45(43-55-42-41-46(49(53)54)50(3,4)5)44-56-47(51)39-37-35-33-31-29-17-15-13-11-9-7-2/h9,11,15,17,31,33,45-46H,6-8,10,12-14,16,18-30,32,34-44H2,1-5H3/p+1/b11-9+,17-15+,33-31+. The summed E-state index contributed by atoms with van der Waals surface area (Å²) in [6, 6.07) is -0.620. The fourth-order valence-corrected chi connectivity index (χ4v) is 6.94. The number of carbonyl (C=O) groups excluding carboxylic acids is 2. The van der Waals surface area contributed by atoms with E-state index in [0.29, 0.717) is 19.3 Å². The third-order valence-electron chi connectivity index (χ3n) is 10.6. The van der Waals surface area contributed by atoms with Gasteiger partial charge in [0.2, 0.25) is 0 Å². The van der Waals surface area contributed by atoms with Gasteiger partial charge in [0.15, 0.2) is 12.1 Å². The Labute approximate surface area is 351 Å². The molecule has 2 atom stereocenters. The minimum absolute atomic E-state index is 0.0480. The molecule has 0 radical (unpaired) electrons. The zero-order chi connectivity index (χ0) is 42.1. The van der Waals surface area contributed by atoms with E-state index in [0.717, 1.165) is 44.9 Å². The van der Waals surface area contributed by atoms with Crippen molar-refractivity contribution in [2.45, 2.75) is 219 Å². The van der Waals surface area contributed by atoms with Gasteiger partial charge in [0, 0.05) is 19.3 Å². The maximum Gasteiger partial charge on any atom is 0.362 e. The monoisotopic (exact) mass is 805 g/mol.